The molecule has 8 heavy (non-hydrogen) atoms. The number of hydrogen-bond donors (Lipinski definition) is 0. The molecule has 1 aliphatic carbocycles. The van der Waals surface area contributed by atoms with Crippen LogP contribution in [0.25, 0.3) is 0 Å². The molecule has 46 valence electrons. The molecular weight excluding hydrogens is 182 g/mol. The monoisotopic (exact) mass is 195 g/mol. The Kier molecular flexibility index (Phi) is 1.67. The predicted molar refractivity (Wildman–Crippen MR) is 29.2 cm³/mol. The van der Waals surface area contributed by atoms with Crippen molar-refractivity contribution in [1.82, 2.24) is 0 Å². The summed E-state index contributed by atoms with van der Waals surface area (Å²) in [5.74, 6) is 0.829. The van der Waals surface area contributed by atoms with Crippen LogP contribution in [0.3, 0.4) is 0 Å². The summed E-state index contributed by atoms with van der Waals surface area (Å²) in [6.07, 6.45) is 2.67. The first-order valence-corrected chi connectivity index (χ1v) is 3.93. The molecule has 0 aromatic heterocycles. The molecule has 0 amide bonds. The molecule has 0 aromatic carbocycles. The second-order valence-corrected chi connectivity index (χ2v) is 3.34. The third-order valence-corrected chi connectivity index (χ3v) is 3.38. The second kappa shape index (κ2) is 2.02. The first kappa shape index (κ1) is 6.61. The van der Waals surface area contributed by atoms with Gasteiger partial charge in [-0.3, -0.25) is 0 Å². The van der Waals surface area contributed by atoms with Gasteiger partial charge in [-0.05, 0) is 0 Å². The molecule has 2 atom stereocenters. The zero-order valence-electron chi connectivity index (χ0n) is 5.35. The molecule has 0 N–H and O–H groups in total. The molecule has 0 bridgehead atoms. The number of rotatable bonds is 1. The molecule has 0 radical (unpaired) electrons. The Bertz CT molecular complexity index is 113. The third-order valence-electron chi connectivity index (χ3n) is 2.35. The van der Waals surface area contributed by atoms with E-state index in [0.29, 0.717) is 5.54 Å². The molecule has 2 unspecified atom stereocenters. The molecule has 0 saturated heterocycles. The van der Waals surface area contributed by atoms with E-state index in [1.54, 1.807) is 0 Å². The van der Waals surface area contributed by atoms with Gasteiger partial charge in [0.1, 0.15) is 0 Å². The van der Waals surface area contributed by atoms with Crippen LogP contribution < -0.4 is 0 Å². The van der Waals surface area contributed by atoms with Crippen molar-refractivity contribution < 1.29 is 19.6 Å². The Labute approximate surface area is 61.6 Å². The second-order valence-electron chi connectivity index (χ2n) is 2.89. The summed E-state index contributed by atoms with van der Waals surface area (Å²) >= 11 is 1.86. The van der Waals surface area contributed by atoms with Gasteiger partial charge in [0.05, 0.1) is 0 Å². The molecule has 1 rings (SSSR count). The van der Waals surface area contributed by atoms with E-state index in [1.165, 1.54) is 12.8 Å². The summed E-state index contributed by atoms with van der Waals surface area (Å²) in [6, 6.07) is 0. The first-order valence-electron chi connectivity index (χ1n) is 3.03. The van der Waals surface area contributed by atoms with Crippen molar-refractivity contribution in [3.8, 4) is 0 Å². The molecule has 0 aliphatic heterocycles. The van der Waals surface area contributed by atoms with Gasteiger partial charge in [0, 0.05) is 0 Å². The van der Waals surface area contributed by atoms with Crippen molar-refractivity contribution in [2.75, 3.05) is 0 Å². The van der Waals surface area contributed by atoms with E-state index in [4.69, 9.17) is 0 Å². The molecule has 1 nitrogen and oxygen atoms in total. The van der Waals surface area contributed by atoms with Crippen LogP contribution in [-0.4, -0.2) is 5.54 Å². The van der Waals surface area contributed by atoms with E-state index < -0.39 is 0 Å². The van der Waals surface area contributed by atoms with Crippen LogP contribution in [0.2, 0.25) is 0 Å². The summed E-state index contributed by atoms with van der Waals surface area (Å²) in [4.78, 5) is 0. The van der Waals surface area contributed by atoms with Crippen molar-refractivity contribution in [2.24, 2.45) is 9.41 Å². The van der Waals surface area contributed by atoms with Crippen LogP contribution >= 0.6 is 0 Å². The van der Waals surface area contributed by atoms with Crippen LogP contribution in [0.4, 0.5) is 0 Å². The standard InChI is InChI=1S/C6H11N.Mo/c1-5-3-4-6(5,2)7;/h5H,3-4H2,1-2H3;. The number of nitrogens with zero attached hydrogens (tertiary/aromatic N) is 1. The van der Waals surface area contributed by atoms with E-state index in [0.717, 1.165) is 5.92 Å². The van der Waals surface area contributed by atoms with Crippen molar-refractivity contribution in [1.29, 1.82) is 0 Å². The van der Waals surface area contributed by atoms with E-state index in [-0.39, 0.29) is 0 Å². The van der Waals surface area contributed by atoms with Crippen molar-refractivity contribution >= 4 is 0 Å². The Morgan fingerprint density at radius 1 is 1.75 bits per heavy atom. The first-order chi connectivity index (χ1) is 3.69. The molecular formula is C6H11MoN. The zero-order chi connectivity index (χ0) is 6.20. The Morgan fingerprint density at radius 2 is 2.38 bits per heavy atom. The topological polar surface area (TPSA) is 12.4 Å². The van der Waals surface area contributed by atoms with E-state index >= 15 is 0 Å². The van der Waals surface area contributed by atoms with Gasteiger partial charge < -0.3 is 0 Å². The molecule has 1 aliphatic rings. The van der Waals surface area contributed by atoms with Crippen molar-refractivity contribution in [3.63, 3.8) is 0 Å². The maximum absolute atomic E-state index is 4.32. The van der Waals surface area contributed by atoms with Gasteiger partial charge in [-0.25, -0.2) is 0 Å². The van der Waals surface area contributed by atoms with Crippen molar-refractivity contribution in [2.45, 2.75) is 32.2 Å². The average Bonchev–Trinajstić information content (AvgIpc) is 1.83. The normalized spacial score (nSPS) is 45.5. The molecule has 1 saturated carbocycles. The van der Waals surface area contributed by atoms with Crippen LogP contribution in [0.1, 0.15) is 26.7 Å². The average molecular weight is 193 g/mol. The minimum absolute atomic E-state index is 0.352. The summed E-state index contributed by atoms with van der Waals surface area (Å²) in [5, 5.41) is 0. The molecule has 0 heterocycles. The minimum atomic E-state index is 0.352. The quantitative estimate of drug-likeness (QED) is 0.564. The summed E-state index contributed by atoms with van der Waals surface area (Å²) in [6.45, 7) is 4.52. The Morgan fingerprint density at radius 3 is 2.38 bits per heavy atom. The van der Waals surface area contributed by atoms with E-state index in [9.17, 15) is 0 Å². The van der Waals surface area contributed by atoms with Gasteiger partial charge in [0.2, 0.25) is 0 Å². The Hall–Kier alpha value is 0.488. The summed E-state index contributed by atoms with van der Waals surface area (Å²) in [5.41, 5.74) is 0.352. The Balaban J connectivity index is 2.54. The molecule has 1 fully saturated rings. The maximum atomic E-state index is 4.32. The van der Waals surface area contributed by atoms with Gasteiger partial charge in [0.25, 0.3) is 0 Å². The fourth-order valence-electron chi connectivity index (χ4n) is 0.986. The predicted octanol–water partition coefficient (Wildman–Crippen LogP) is 1.91. The van der Waals surface area contributed by atoms with Crippen LogP contribution in [0, 0.1) is 5.92 Å². The molecule has 0 spiro atoms. The fraction of sp³-hybridized carbons (Fsp3) is 1.00. The van der Waals surface area contributed by atoms with Crippen LogP contribution in [0.5, 0.6) is 0 Å². The van der Waals surface area contributed by atoms with Gasteiger partial charge in [0.15, 0.2) is 0 Å². The molecule has 2 heteroatoms. The van der Waals surface area contributed by atoms with Crippen LogP contribution in [0.15, 0.2) is 3.50 Å². The zero-order valence-corrected chi connectivity index (χ0v) is 7.35. The van der Waals surface area contributed by atoms with Gasteiger partial charge in [-0.2, -0.15) is 0 Å². The van der Waals surface area contributed by atoms with Gasteiger partial charge in [-0.15, -0.1) is 0 Å². The van der Waals surface area contributed by atoms with E-state index in [1.807, 2.05) is 19.6 Å². The number of hydrogen-bond acceptors (Lipinski definition) is 1. The summed E-state index contributed by atoms with van der Waals surface area (Å²) in [7, 11) is 0. The SMILES string of the molecule is CC1CCC1(C)[N]=[Mo]. The van der Waals surface area contributed by atoms with Gasteiger partial charge >= 0.3 is 61.3 Å². The van der Waals surface area contributed by atoms with Gasteiger partial charge in [-0.1, -0.05) is 0 Å². The molecule has 0 aromatic rings. The van der Waals surface area contributed by atoms with Crippen LogP contribution in [-0.2, 0) is 19.6 Å². The van der Waals surface area contributed by atoms with Crippen molar-refractivity contribution in [3.05, 3.63) is 0 Å². The summed E-state index contributed by atoms with van der Waals surface area (Å²) < 4.78 is 4.32. The van der Waals surface area contributed by atoms with E-state index in [2.05, 4.69) is 17.3 Å². The third kappa shape index (κ3) is 0.815. The fourth-order valence-corrected chi connectivity index (χ4v) is 1.65.